The summed E-state index contributed by atoms with van der Waals surface area (Å²) in [7, 11) is 4.13. The standard InChI is InChI=1S/C14H32N2O3/c1-12(17)9-16(8-6-7-15(4)5)10-14(3)19-11-13(2)18/h12-14,17-18H,6-11H2,1-5H3. The first-order valence-corrected chi connectivity index (χ1v) is 7.16. The minimum Gasteiger partial charge on any atom is -0.392 e. The molecule has 3 atom stereocenters. The van der Waals surface area contributed by atoms with Gasteiger partial charge in [0, 0.05) is 13.1 Å². The fourth-order valence-electron chi connectivity index (χ4n) is 1.96. The molecule has 0 aliphatic carbocycles. The molecule has 0 heterocycles. The Morgan fingerprint density at radius 2 is 1.58 bits per heavy atom. The van der Waals surface area contributed by atoms with Crippen LogP contribution in [0.2, 0.25) is 0 Å². The van der Waals surface area contributed by atoms with Crippen LogP contribution in [-0.2, 0) is 4.74 Å². The fraction of sp³-hybridized carbons (Fsp3) is 1.00. The maximum absolute atomic E-state index is 9.53. The van der Waals surface area contributed by atoms with Gasteiger partial charge in [0.05, 0.1) is 24.9 Å². The van der Waals surface area contributed by atoms with Crippen molar-refractivity contribution in [3.63, 3.8) is 0 Å². The summed E-state index contributed by atoms with van der Waals surface area (Å²) in [5.74, 6) is 0. The summed E-state index contributed by atoms with van der Waals surface area (Å²) in [6.07, 6.45) is 0.375. The molecule has 2 N–H and O–H groups in total. The van der Waals surface area contributed by atoms with Crippen LogP contribution in [0.5, 0.6) is 0 Å². The smallest absolute Gasteiger partial charge is 0.0745 e. The lowest BCUT2D eigenvalue weighted by Crippen LogP contribution is -2.39. The van der Waals surface area contributed by atoms with E-state index in [-0.39, 0.29) is 12.2 Å². The number of hydrogen-bond donors (Lipinski definition) is 2. The van der Waals surface area contributed by atoms with Gasteiger partial charge in [0.25, 0.3) is 0 Å². The van der Waals surface area contributed by atoms with Crippen molar-refractivity contribution in [1.29, 1.82) is 0 Å². The maximum Gasteiger partial charge on any atom is 0.0745 e. The molecule has 5 nitrogen and oxygen atoms in total. The molecule has 5 heteroatoms. The molecule has 116 valence electrons. The molecule has 3 unspecified atom stereocenters. The third-order valence-electron chi connectivity index (χ3n) is 2.74. The Labute approximate surface area is 118 Å². The summed E-state index contributed by atoms with van der Waals surface area (Å²) >= 11 is 0. The largest absolute Gasteiger partial charge is 0.392 e. The average Bonchev–Trinajstić information content (AvgIpc) is 2.24. The van der Waals surface area contributed by atoms with Crippen LogP contribution in [0.3, 0.4) is 0 Å². The van der Waals surface area contributed by atoms with Crippen molar-refractivity contribution >= 4 is 0 Å². The van der Waals surface area contributed by atoms with Gasteiger partial charge in [-0.1, -0.05) is 0 Å². The predicted molar refractivity (Wildman–Crippen MR) is 78.4 cm³/mol. The molecule has 0 bridgehead atoms. The Hall–Kier alpha value is -0.200. The van der Waals surface area contributed by atoms with E-state index in [2.05, 4.69) is 23.9 Å². The minimum absolute atomic E-state index is 0.0627. The highest BCUT2D eigenvalue weighted by atomic mass is 16.5. The van der Waals surface area contributed by atoms with Crippen LogP contribution in [-0.4, -0.2) is 85.2 Å². The first-order valence-electron chi connectivity index (χ1n) is 7.16. The summed E-state index contributed by atoms with van der Waals surface area (Å²) in [5, 5.41) is 18.7. The number of aliphatic hydroxyl groups is 2. The molecule has 0 amide bonds. The van der Waals surface area contributed by atoms with E-state index in [1.54, 1.807) is 13.8 Å². The summed E-state index contributed by atoms with van der Waals surface area (Å²) < 4.78 is 5.56. The average molecular weight is 276 g/mol. The van der Waals surface area contributed by atoms with Gasteiger partial charge in [-0.15, -0.1) is 0 Å². The third kappa shape index (κ3) is 12.6. The first-order chi connectivity index (χ1) is 8.81. The van der Waals surface area contributed by atoms with Crippen molar-refractivity contribution < 1.29 is 14.9 Å². The summed E-state index contributed by atoms with van der Waals surface area (Å²) in [6.45, 7) is 9.33. The van der Waals surface area contributed by atoms with E-state index in [1.807, 2.05) is 6.92 Å². The predicted octanol–water partition coefficient (Wildman–Crippen LogP) is 0.407. The van der Waals surface area contributed by atoms with Crippen LogP contribution < -0.4 is 0 Å². The quantitative estimate of drug-likeness (QED) is 0.572. The van der Waals surface area contributed by atoms with Crippen LogP contribution in [0.15, 0.2) is 0 Å². The number of aliphatic hydroxyl groups excluding tert-OH is 2. The van der Waals surface area contributed by atoms with E-state index in [1.165, 1.54) is 0 Å². The highest BCUT2D eigenvalue weighted by molar-refractivity contribution is 4.66. The number of hydrogen-bond acceptors (Lipinski definition) is 5. The lowest BCUT2D eigenvalue weighted by molar-refractivity contribution is -0.0143. The van der Waals surface area contributed by atoms with Crippen molar-refractivity contribution in [3.8, 4) is 0 Å². The van der Waals surface area contributed by atoms with Crippen LogP contribution in [0.4, 0.5) is 0 Å². The maximum atomic E-state index is 9.53. The number of ether oxygens (including phenoxy) is 1. The van der Waals surface area contributed by atoms with E-state index in [9.17, 15) is 10.2 Å². The minimum atomic E-state index is -0.429. The topological polar surface area (TPSA) is 56.2 Å². The van der Waals surface area contributed by atoms with Gasteiger partial charge in [0.15, 0.2) is 0 Å². The Morgan fingerprint density at radius 1 is 0.947 bits per heavy atom. The van der Waals surface area contributed by atoms with Crippen molar-refractivity contribution in [2.24, 2.45) is 0 Å². The van der Waals surface area contributed by atoms with Crippen molar-refractivity contribution in [1.82, 2.24) is 9.80 Å². The van der Waals surface area contributed by atoms with Gasteiger partial charge in [0.2, 0.25) is 0 Å². The monoisotopic (exact) mass is 276 g/mol. The Bertz CT molecular complexity index is 211. The van der Waals surface area contributed by atoms with Gasteiger partial charge in [-0.05, 0) is 54.4 Å². The highest BCUT2D eigenvalue weighted by Gasteiger charge is 2.13. The molecule has 0 aromatic carbocycles. The molecule has 0 fully saturated rings. The summed E-state index contributed by atoms with van der Waals surface area (Å²) in [4.78, 5) is 4.38. The molecule has 0 radical (unpaired) electrons. The SMILES string of the molecule is CC(O)COC(C)CN(CCCN(C)C)CC(C)O. The first kappa shape index (κ1) is 18.8. The second kappa shape index (κ2) is 10.6. The Morgan fingerprint density at radius 3 is 2.05 bits per heavy atom. The molecule has 0 rings (SSSR count). The lowest BCUT2D eigenvalue weighted by Gasteiger charge is -2.27. The van der Waals surface area contributed by atoms with Crippen LogP contribution in [0.1, 0.15) is 27.2 Å². The van der Waals surface area contributed by atoms with Crippen molar-refractivity contribution in [2.45, 2.75) is 45.5 Å². The molecule has 0 aliphatic rings. The molecular formula is C14H32N2O3. The van der Waals surface area contributed by atoms with Gasteiger partial charge in [0.1, 0.15) is 0 Å². The fourth-order valence-corrected chi connectivity index (χ4v) is 1.96. The molecule has 0 saturated heterocycles. The molecule has 0 spiro atoms. The van der Waals surface area contributed by atoms with E-state index >= 15 is 0 Å². The lowest BCUT2D eigenvalue weighted by atomic mass is 10.2. The van der Waals surface area contributed by atoms with Gasteiger partial charge in [-0.25, -0.2) is 0 Å². The Kier molecular flexibility index (Phi) is 10.5. The van der Waals surface area contributed by atoms with Crippen LogP contribution in [0.25, 0.3) is 0 Å². The molecule has 19 heavy (non-hydrogen) atoms. The third-order valence-corrected chi connectivity index (χ3v) is 2.74. The summed E-state index contributed by atoms with van der Waals surface area (Å²) in [5.41, 5.74) is 0. The zero-order valence-electron chi connectivity index (χ0n) is 13.2. The second-order valence-corrected chi connectivity index (χ2v) is 5.76. The van der Waals surface area contributed by atoms with E-state index in [4.69, 9.17) is 4.74 Å². The zero-order chi connectivity index (χ0) is 14.8. The van der Waals surface area contributed by atoms with E-state index in [0.29, 0.717) is 13.2 Å². The van der Waals surface area contributed by atoms with E-state index < -0.39 is 6.10 Å². The zero-order valence-corrected chi connectivity index (χ0v) is 13.2. The van der Waals surface area contributed by atoms with Crippen LogP contribution >= 0.6 is 0 Å². The second-order valence-electron chi connectivity index (χ2n) is 5.76. The van der Waals surface area contributed by atoms with Crippen molar-refractivity contribution in [3.05, 3.63) is 0 Å². The highest BCUT2D eigenvalue weighted by Crippen LogP contribution is 2.02. The Balaban J connectivity index is 4.03. The number of rotatable bonds is 11. The van der Waals surface area contributed by atoms with E-state index in [0.717, 1.165) is 26.1 Å². The van der Waals surface area contributed by atoms with Gasteiger partial charge in [-0.3, -0.25) is 4.90 Å². The van der Waals surface area contributed by atoms with Crippen molar-refractivity contribution in [2.75, 3.05) is 46.9 Å². The molecule has 0 aliphatic heterocycles. The number of nitrogens with zero attached hydrogens (tertiary/aromatic N) is 2. The molecular weight excluding hydrogens is 244 g/mol. The normalized spacial score (nSPS) is 16.9. The van der Waals surface area contributed by atoms with Gasteiger partial charge >= 0.3 is 0 Å². The van der Waals surface area contributed by atoms with Crippen LogP contribution in [0, 0.1) is 0 Å². The molecule has 0 aromatic rings. The molecule has 0 aromatic heterocycles. The van der Waals surface area contributed by atoms with Gasteiger partial charge in [-0.2, -0.15) is 0 Å². The molecule has 0 saturated carbocycles. The van der Waals surface area contributed by atoms with Gasteiger partial charge < -0.3 is 19.8 Å². The summed E-state index contributed by atoms with van der Waals surface area (Å²) in [6, 6.07) is 0.